The molecule has 2 rings (SSSR count). The molecule has 0 aliphatic heterocycles. The molecule has 0 aromatic carbocycles. The van der Waals surface area contributed by atoms with Gasteiger partial charge >= 0.3 is 5.97 Å². The first-order valence-electron chi connectivity index (χ1n) is 6.63. The van der Waals surface area contributed by atoms with Crippen LogP contribution in [0.5, 0.6) is 0 Å². The molecule has 1 aromatic rings. The average Bonchev–Trinajstić information content (AvgIpc) is 2.41. The van der Waals surface area contributed by atoms with Crippen LogP contribution in [0.3, 0.4) is 0 Å². The van der Waals surface area contributed by atoms with E-state index >= 15 is 0 Å². The number of halogens is 1. The fourth-order valence-electron chi connectivity index (χ4n) is 2.60. The number of aromatic nitrogens is 1. The largest absolute Gasteiger partial charge is 0.481 e. The van der Waals surface area contributed by atoms with Crippen LogP contribution in [0.1, 0.15) is 32.6 Å². The minimum absolute atomic E-state index is 0.127. The van der Waals surface area contributed by atoms with Gasteiger partial charge in [0.2, 0.25) is 10.0 Å². The number of pyridine rings is 1. The quantitative estimate of drug-likeness (QED) is 0.822. The van der Waals surface area contributed by atoms with E-state index in [4.69, 9.17) is 11.6 Å². The first-order chi connectivity index (χ1) is 9.77. The highest BCUT2D eigenvalue weighted by atomic mass is 35.5. The molecule has 2 unspecified atom stereocenters. The van der Waals surface area contributed by atoms with Crippen molar-refractivity contribution in [3.8, 4) is 0 Å². The van der Waals surface area contributed by atoms with Crippen molar-refractivity contribution in [2.45, 2.75) is 43.5 Å². The first-order valence-corrected chi connectivity index (χ1v) is 8.50. The van der Waals surface area contributed by atoms with Crippen LogP contribution < -0.4 is 4.72 Å². The van der Waals surface area contributed by atoms with E-state index in [0.29, 0.717) is 12.8 Å². The van der Waals surface area contributed by atoms with Crippen LogP contribution in [0.2, 0.25) is 5.15 Å². The van der Waals surface area contributed by atoms with Gasteiger partial charge in [-0.2, -0.15) is 0 Å². The van der Waals surface area contributed by atoms with E-state index in [1.807, 2.05) is 0 Å². The second kappa shape index (κ2) is 5.90. The summed E-state index contributed by atoms with van der Waals surface area (Å²) in [7, 11) is -3.90. The zero-order valence-electron chi connectivity index (χ0n) is 11.5. The van der Waals surface area contributed by atoms with Crippen LogP contribution in [0.25, 0.3) is 0 Å². The molecule has 1 aliphatic carbocycles. The Hall–Kier alpha value is -1.18. The Morgan fingerprint density at radius 1 is 1.52 bits per heavy atom. The number of hydrogen-bond acceptors (Lipinski definition) is 4. The molecule has 116 valence electrons. The van der Waals surface area contributed by atoms with E-state index in [2.05, 4.69) is 9.71 Å². The van der Waals surface area contributed by atoms with Crippen molar-refractivity contribution in [2.75, 3.05) is 0 Å². The Balaban J connectivity index is 2.31. The minimum atomic E-state index is -3.90. The lowest BCUT2D eigenvalue weighted by atomic mass is 9.72. The van der Waals surface area contributed by atoms with E-state index in [1.54, 1.807) is 6.92 Å². The number of carboxylic acids is 1. The minimum Gasteiger partial charge on any atom is -0.481 e. The summed E-state index contributed by atoms with van der Waals surface area (Å²) in [6.45, 7) is 1.58. The summed E-state index contributed by atoms with van der Waals surface area (Å²) in [5.74, 6) is -0.993. The predicted molar refractivity (Wildman–Crippen MR) is 77.6 cm³/mol. The van der Waals surface area contributed by atoms with Gasteiger partial charge in [-0.1, -0.05) is 24.4 Å². The number of hydrogen-bond donors (Lipinski definition) is 2. The number of carbonyl (C=O) groups is 1. The molecule has 1 saturated carbocycles. The van der Waals surface area contributed by atoms with Crippen molar-refractivity contribution < 1.29 is 18.3 Å². The second-order valence-electron chi connectivity index (χ2n) is 5.43. The molecule has 0 spiro atoms. The normalized spacial score (nSPS) is 26.5. The van der Waals surface area contributed by atoms with E-state index < -0.39 is 27.4 Å². The molecule has 0 bridgehead atoms. The van der Waals surface area contributed by atoms with Gasteiger partial charge in [-0.15, -0.1) is 0 Å². The van der Waals surface area contributed by atoms with Crippen LogP contribution in [-0.4, -0.2) is 30.5 Å². The fraction of sp³-hybridized carbons (Fsp3) is 0.538. The summed E-state index contributed by atoms with van der Waals surface area (Å²) in [5, 5.41) is 9.29. The summed E-state index contributed by atoms with van der Waals surface area (Å²) < 4.78 is 27.3. The molecule has 1 aliphatic rings. The maximum atomic E-state index is 12.4. The van der Waals surface area contributed by atoms with E-state index in [-0.39, 0.29) is 10.0 Å². The van der Waals surface area contributed by atoms with Crippen LogP contribution in [0, 0.1) is 5.41 Å². The number of carboxylic acid groups (broad SMARTS) is 1. The van der Waals surface area contributed by atoms with Gasteiger partial charge < -0.3 is 5.11 Å². The Morgan fingerprint density at radius 3 is 2.86 bits per heavy atom. The van der Waals surface area contributed by atoms with Gasteiger partial charge in [0.1, 0.15) is 10.0 Å². The number of aliphatic carboxylic acids is 1. The van der Waals surface area contributed by atoms with Crippen molar-refractivity contribution >= 4 is 27.6 Å². The predicted octanol–water partition coefficient (Wildman–Crippen LogP) is 2.05. The molecule has 0 radical (unpaired) electrons. The van der Waals surface area contributed by atoms with Gasteiger partial charge in [-0.25, -0.2) is 18.1 Å². The van der Waals surface area contributed by atoms with Crippen molar-refractivity contribution in [1.29, 1.82) is 0 Å². The van der Waals surface area contributed by atoms with Crippen LogP contribution in [0.4, 0.5) is 0 Å². The Bertz CT molecular complexity index is 649. The fourth-order valence-corrected chi connectivity index (χ4v) is 4.44. The zero-order chi connectivity index (χ0) is 15.7. The third-order valence-corrected chi connectivity index (χ3v) is 5.92. The molecule has 0 amide bonds. The smallest absolute Gasteiger partial charge is 0.310 e. The lowest BCUT2D eigenvalue weighted by molar-refractivity contribution is -0.151. The van der Waals surface area contributed by atoms with Crippen molar-refractivity contribution in [1.82, 2.24) is 9.71 Å². The maximum absolute atomic E-state index is 12.4. The second-order valence-corrected chi connectivity index (χ2v) is 7.48. The van der Waals surface area contributed by atoms with Gasteiger partial charge in [-0.05, 0) is 31.9 Å². The summed E-state index contributed by atoms with van der Waals surface area (Å²) in [5.41, 5.74) is -1.11. The van der Waals surface area contributed by atoms with Gasteiger partial charge in [0.05, 0.1) is 5.41 Å². The van der Waals surface area contributed by atoms with Crippen LogP contribution in [-0.2, 0) is 14.8 Å². The maximum Gasteiger partial charge on any atom is 0.310 e. The highest BCUT2D eigenvalue weighted by molar-refractivity contribution is 7.89. The molecular formula is C13H17ClN2O4S. The summed E-state index contributed by atoms with van der Waals surface area (Å²) in [6.07, 6.45) is 3.88. The molecule has 8 heteroatoms. The third-order valence-electron chi connectivity index (χ3n) is 4.01. The molecule has 1 fully saturated rings. The third kappa shape index (κ3) is 3.20. The van der Waals surface area contributed by atoms with Crippen molar-refractivity contribution in [2.24, 2.45) is 5.41 Å². The Morgan fingerprint density at radius 2 is 2.24 bits per heavy atom. The number of nitrogens with zero attached hydrogens (tertiary/aromatic N) is 1. The summed E-state index contributed by atoms with van der Waals surface area (Å²) >= 11 is 5.81. The number of rotatable bonds is 4. The highest BCUT2D eigenvalue weighted by Crippen LogP contribution is 2.37. The molecule has 21 heavy (non-hydrogen) atoms. The monoisotopic (exact) mass is 332 g/mol. The van der Waals surface area contributed by atoms with E-state index in [1.165, 1.54) is 18.3 Å². The number of sulfonamides is 1. The zero-order valence-corrected chi connectivity index (χ0v) is 13.1. The Labute approximate surface area is 128 Å². The van der Waals surface area contributed by atoms with Crippen LogP contribution >= 0.6 is 11.6 Å². The average molecular weight is 333 g/mol. The van der Waals surface area contributed by atoms with Gasteiger partial charge in [0, 0.05) is 12.2 Å². The topological polar surface area (TPSA) is 96.4 Å². The van der Waals surface area contributed by atoms with Gasteiger partial charge in [0.15, 0.2) is 0 Å². The van der Waals surface area contributed by atoms with Crippen molar-refractivity contribution in [3.63, 3.8) is 0 Å². The van der Waals surface area contributed by atoms with Crippen molar-refractivity contribution in [3.05, 3.63) is 23.5 Å². The Kier molecular flexibility index (Phi) is 4.55. The molecule has 0 saturated heterocycles. The molecule has 1 aromatic heterocycles. The molecule has 2 N–H and O–H groups in total. The first kappa shape index (κ1) is 16.2. The summed E-state index contributed by atoms with van der Waals surface area (Å²) in [4.78, 5) is 15.1. The lowest BCUT2D eigenvalue weighted by Gasteiger charge is -2.38. The van der Waals surface area contributed by atoms with E-state index in [0.717, 1.165) is 12.8 Å². The van der Waals surface area contributed by atoms with Crippen LogP contribution in [0.15, 0.2) is 23.2 Å². The standard InChI is InChI=1S/C13H17ClN2O4S/c1-13(12(17)18)7-3-2-6-10(13)16-21(19,20)9-5-4-8-15-11(9)14/h4-5,8,10,16H,2-3,6-7H2,1H3,(H,17,18). The highest BCUT2D eigenvalue weighted by Gasteiger charge is 2.45. The lowest BCUT2D eigenvalue weighted by Crippen LogP contribution is -2.52. The summed E-state index contributed by atoms with van der Waals surface area (Å²) in [6, 6.07) is 2.15. The molecular weight excluding hydrogens is 316 g/mol. The van der Waals surface area contributed by atoms with Gasteiger partial charge in [0.25, 0.3) is 0 Å². The molecule has 1 heterocycles. The SMILES string of the molecule is CC1(C(=O)O)CCCCC1NS(=O)(=O)c1cccnc1Cl. The number of nitrogens with one attached hydrogen (secondary N) is 1. The van der Waals surface area contributed by atoms with Gasteiger partial charge in [-0.3, -0.25) is 4.79 Å². The molecule has 6 nitrogen and oxygen atoms in total. The van der Waals surface area contributed by atoms with E-state index in [9.17, 15) is 18.3 Å². The molecule has 2 atom stereocenters.